The van der Waals surface area contributed by atoms with Gasteiger partial charge in [-0.05, 0) is 13.8 Å². The predicted molar refractivity (Wildman–Crippen MR) is 70.2 cm³/mol. The average molecular weight is 312 g/mol. The Hall–Kier alpha value is -0.700. The molecule has 1 amide bonds. The fourth-order valence-electron chi connectivity index (χ4n) is 1.19. The molecular formula is C9H14ClN3O3S2. The van der Waals surface area contributed by atoms with Crippen molar-refractivity contribution in [2.45, 2.75) is 24.1 Å². The van der Waals surface area contributed by atoms with Crippen LogP contribution in [0.1, 0.15) is 13.8 Å². The third-order valence-electron chi connectivity index (χ3n) is 2.27. The van der Waals surface area contributed by atoms with Crippen LogP contribution in [0.4, 0.5) is 0 Å². The van der Waals surface area contributed by atoms with Crippen molar-refractivity contribution in [3.05, 3.63) is 10.7 Å². The van der Waals surface area contributed by atoms with Gasteiger partial charge in [-0.2, -0.15) is 4.72 Å². The number of amides is 1. The van der Waals surface area contributed by atoms with E-state index in [0.29, 0.717) is 6.54 Å². The van der Waals surface area contributed by atoms with Crippen LogP contribution < -0.4 is 4.72 Å². The van der Waals surface area contributed by atoms with Crippen molar-refractivity contribution >= 4 is 38.9 Å². The van der Waals surface area contributed by atoms with Gasteiger partial charge in [0.15, 0.2) is 8.68 Å². The SMILES string of the molecule is CCN(C)C(=O)C(C)NS(=O)(=O)c1cnc(Cl)s1. The maximum absolute atomic E-state index is 11.9. The largest absolute Gasteiger partial charge is 0.345 e. The molecule has 0 radical (unpaired) electrons. The second-order valence-electron chi connectivity index (χ2n) is 3.63. The molecule has 0 spiro atoms. The highest BCUT2D eigenvalue weighted by molar-refractivity contribution is 7.91. The number of sulfonamides is 1. The van der Waals surface area contributed by atoms with E-state index in [1.165, 1.54) is 11.8 Å². The van der Waals surface area contributed by atoms with Crippen molar-refractivity contribution in [1.29, 1.82) is 0 Å². The number of thiazole rings is 1. The molecule has 1 aromatic rings. The topological polar surface area (TPSA) is 79.4 Å². The molecule has 9 heteroatoms. The summed E-state index contributed by atoms with van der Waals surface area (Å²) in [4.78, 5) is 16.8. The lowest BCUT2D eigenvalue weighted by atomic mass is 10.3. The van der Waals surface area contributed by atoms with Gasteiger partial charge in [-0.3, -0.25) is 4.79 Å². The van der Waals surface area contributed by atoms with Crippen LogP contribution in [0.3, 0.4) is 0 Å². The van der Waals surface area contributed by atoms with Gasteiger partial charge in [-0.1, -0.05) is 22.9 Å². The summed E-state index contributed by atoms with van der Waals surface area (Å²) in [7, 11) is -2.14. The van der Waals surface area contributed by atoms with Crippen LogP contribution in [-0.2, 0) is 14.8 Å². The highest BCUT2D eigenvalue weighted by atomic mass is 35.5. The zero-order chi connectivity index (χ0) is 13.9. The van der Waals surface area contributed by atoms with E-state index in [0.717, 1.165) is 17.5 Å². The molecule has 1 heterocycles. The average Bonchev–Trinajstić information content (AvgIpc) is 2.74. The normalized spacial score (nSPS) is 13.3. The Morgan fingerprint density at radius 2 is 2.28 bits per heavy atom. The third-order valence-corrected chi connectivity index (χ3v) is 5.39. The highest BCUT2D eigenvalue weighted by Gasteiger charge is 2.25. The van der Waals surface area contributed by atoms with Crippen LogP contribution in [0.25, 0.3) is 0 Å². The minimum Gasteiger partial charge on any atom is -0.345 e. The zero-order valence-corrected chi connectivity index (χ0v) is 12.6. The van der Waals surface area contributed by atoms with Gasteiger partial charge in [-0.25, -0.2) is 13.4 Å². The quantitative estimate of drug-likeness (QED) is 0.877. The van der Waals surface area contributed by atoms with Crippen molar-refractivity contribution in [3.8, 4) is 0 Å². The van der Waals surface area contributed by atoms with E-state index in [1.807, 2.05) is 6.92 Å². The Labute approximate surface area is 115 Å². The lowest BCUT2D eigenvalue weighted by molar-refractivity contribution is -0.131. The molecular weight excluding hydrogens is 298 g/mol. The fourth-order valence-corrected chi connectivity index (χ4v) is 3.70. The van der Waals surface area contributed by atoms with Crippen LogP contribution in [0, 0.1) is 0 Å². The van der Waals surface area contributed by atoms with Crippen molar-refractivity contribution in [2.75, 3.05) is 13.6 Å². The predicted octanol–water partition coefficient (Wildman–Crippen LogP) is 0.942. The molecule has 1 unspecified atom stereocenters. The van der Waals surface area contributed by atoms with Crippen LogP contribution in [0.2, 0.25) is 4.47 Å². The first kappa shape index (κ1) is 15.4. The molecule has 0 aromatic carbocycles. The summed E-state index contributed by atoms with van der Waals surface area (Å²) < 4.78 is 26.2. The van der Waals surface area contributed by atoms with Crippen LogP contribution in [0.5, 0.6) is 0 Å². The molecule has 1 atom stereocenters. The van der Waals surface area contributed by atoms with Crippen LogP contribution in [0.15, 0.2) is 10.4 Å². The Morgan fingerprint density at radius 3 is 2.72 bits per heavy atom. The van der Waals surface area contributed by atoms with Gasteiger partial charge in [0.05, 0.1) is 12.2 Å². The number of halogens is 1. The lowest BCUT2D eigenvalue weighted by Crippen LogP contribution is -2.45. The number of carbonyl (C=O) groups excluding carboxylic acids is 1. The first-order valence-electron chi connectivity index (χ1n) is 5.16. The third kappa shape index (κ3) is 3.64. The molecule has 1 rings (SSSR count). The van der Waals surface area contributed by atoms with Gasteiger partial charge in [0.2, 0.25) is 5.91 Å². The standard InChI is InChI=1S/C9H14ClN3O3S2/c1-4-13(3)8(14)6(2)12-18(15,16)7-5-11-9(10)17-7/h5-6,12H,4H2,1-3H3. The summed E-state index contributed by atoms with van der Waals surface area (Å²) in [5.41, 5.74) is 0. The molecule has 6 nitrogen and oxygen atoms in total. The molecule has 0 saturated carbocycles. The summed E-state index contributed by atoms with van der Waals surface area (Å²) in [6.45, 7) is 3.81. The minimum atomic E-state index is -3.75. The molecule has 0 aliphatic carbocycles. The van der Waals surface area contributed by atoms with E-state index >= 15 is 0 Å². The molecule has 0 fully saturated rings. The molecule has 0 saturated heterocycles. The second-order valence-corrected chi connectivity index (χ2v) is 7.18. The van der Waals surface area contributed by atoms with E-state index in [1.54, 1.807) is 7.05 Å². The van der Waals surface area contributed by atoms with E-state index in [-0.39, 0.29) is 14.6 Å². The van der Waals surface area contributed by atoms with Crippen molar-refractivity contribution in [3.63, 3.8) is 0 Å². The number of rotatable bonds is 5. The number of hydrogen-bond donors (Lipinski definition) is 1. The van der Waals surface area contributed by atoms with E-state index < -0.39 is 16.1 Å². The van der Waals surface area contributed by atoms with Gasteiger partial charge < -0.3 is 4.90 Å². The van der Waals surface area contributed by atoms with E-state index in [9.17, 15) is 13.2 Å². The monoisotopic (exact) mass is 311 g/mol. The molecule has 0 aliphatic rings. The van der Waals surface area contributed by atoms with Crippen molar-refractivity contribution < 1.29 is 13.2 Å². The zero-order valence-electron chi connectivity index (χ0n) is 10.2. The van der Waals surface area contributed by atoms with Crippen molar-refractivity contribution in [2.24, 2.45) is 0 Å². The smallest absolute Gasteiger partial charge is 0.252 e. The summed E-state index contributed by atoms with van der Waals surface area (Å²) >= 11 is 6.42. The molecule has 18 heavy (non-hydrogen) atoms. The molecule has 1 N–H and O–H groups in total. The van der Waals surface area contributed by atoms with Gasteiger partial charge >= 0.3 is 0 Å². The summed E-state index contributed by atoms with van der Waals surface area (Å²) in [5, 5.41) is 0. The summed E-state index contributed by atoms with van der Waals surface area (Å²) in [5.74, 6) is -0.295. The van der Waals surface area contributed by atoms with E-state index in [4.69, 9.17) is 11.6 Å². The fraction of sp³-hybridized carbons (Fsp3) is 0.556. The Kier molecular flexibility index (Phi) is 5.09. The van der Waals surface area contributed by atoms with Gasteiger partial charge in [0, 0.05) is 13.6 Å². The van der Waals surface area contributed by atoms with Gasteiger partial charge in [0.1, 0.15) is 0 Å². The van der Waals surface area contributed by atoms with Gasteiger partial charge in [0.25, 0.3) is 10.0 Å². The minimum absolute atomic E-state index is 0.00805. The molecule has 0 bridgehead atoms. The maximum Gasteiger partial charge on any atom is 0.252 e. The first-order chi connectivity index (χ1) is 8.27. The Morgan fingerprint density at radius 1 is 1.67 bits per heavy atom. The van der Waals surface area contributed by atoms with E-state index in [2.05, 4.69) is 9.71 Å². The second kappa shape index (κ2) is 5.96. The van der Waals surface area contributed by atoms with Crippen LogP contribution in [-0.4, -0.2) is 43.8 Å². The molecule has 102 valence electrons. The molecule has 1 aromatic heterocycles. The van der Waals surface area contributed by atoms with Crippen molar-refractivity contribution in [1.82, 2.24) is 14.6 Å². The number of carbonyl (C=O) groups is 1. The first-order valence-corrected chi connectivity index (χ1v) is 7.84. The lowest BCUT2D eigenvalue weighted by Gasteiger charge is -2.20. The van der Waals surface area contributed by atoms with Crippen LogP contribution >= 0.6 is 22.9 Å². The Balaban J connectivity index is 2.81. The Bertz CT molecular complexity index is 529. The summed E-state index contributed by atoms with van der Waals surface area (Å²) in [6.07, 6.45) is 1.16. The number of nitrogens with one attached hydrogen (secondary N) is 1. The van der Waals surface area contributed by atoms with Gasteiger partial charge in [-0.15, -0.1) is 0 Å². The number of aromatic nitrogens is 1. The maximum atomic E-state index is 11.9. The molecule has 0 aliphatic heterocycles. The number of nitrogens with zero attached hydrogens (tertiary/aromatic N) is 2. The number of likely N-dealkylation sites (N-methyl/N-ethyl adjacent to an activating group) is 1. The highest BCUT2D eigenvalue weighted by Crippen LogP contribution is 2.22. The summed E-state index contributed by atoms with van der Waals surface area (Å²) in [6, 6.07) is -0.833. The number of hydrogen-bond acceptors (Lipinski definition) is 5.